The Labute approximate surface area is 119 Å². The van der Waals surface area contributed by atoms with Crippen molar-refractivity contribution in [3.8, 4) is 0 Å². The van der Waals surface area contributed by atoms with Gasteiger partial charge in [0.15, 0.2) is 11.6 Å². The third-order valence-corrected chi connectivity index (χ3v) is 3.03. The normalized spacial score (nSPS) is 11.4. The SMILES string of the molecule is CCc1nc(CC)n(Cc2cc(CNC(C)C)no2)n1. The van der Waals surface area contributed by atoms with Gasteiger partial charge >= 0.3 is 0 Å². The van der Waals surface area contributed by atoms with Crippen molar-refractivity contribution < 1.29 is 4.52 Å². The van der Waals surface area contributed by atoms with Gasteiger partial charge in [-0.15, -0.1) is 0 Å². The summed E-state index contributed by atoms with van der Waals surface area (Å²) >= 11 is 0. The Morgan fingerprint density at radius 2 is 2.10 bits per heavy atom. The molecular formula is C14H23N5O. The second kappa shape index (κ2) is 6.65. The van der Waals surface area contributed by atoms with E-state index in [0.29, 0.717) is 12.6 Å². The molecule has 0 aliphatic carbocycles. The molecule has 0 aromatic carbocycles. The van der Waals surface area contributed by atoms with Crippen LogP contribution in [0.2, 0.25) is 0 Å². The van der Waals surface area contributed by atoms with E-state index in [9.17, 15) is 0 Å². The van der Waals surface area contributed by atoms with E-state index in [0.717, 1.165) is 42.5 Å². The summed E-state index contributed by atoms with van der Waals surface area (Å²) in [6.07, 6.45) is 1.71. The van der Waals surface area contributed by atoms with Crippen molar-refractivity contribution in [1.82, 2.24) is 25.2 Å². The van der Waals surface area contributed by atoms with E-state index in [-0.39, 0.29) is 0 Å². The number of rotatable bonds is 7. The molecule has 0 radical (unpaired) electrons. The third-order valence-electron chi connectivity index (χ3n) is 3.03. The largest absolute Gasteiger partial charge is 0.359 e. The van der Waals surface area contributed by atoms with Gasteiger partial charge in [0.25, 0.3) is 0 Å². The summed E-state index contributed by atoms with van der Waals surface area (Å²) in [5.74, 6) is 2.68. The van der Waals surface area contributed by atoms with Crippen molar-refractivity contribution >= 4 is 0 Å². The van der Waals surface area contributed by atoms with Crippen LogP contribution in [-0.2, 0) is 25.9 Å². The molecule has 0 aliphatic heterocycles. The molecule has 0 amide bonds. The van der Waals surface area contributed by atoms with Gasteiger partial charge in [-0.25, -0.2) is 9.67 Å². The Morgan fingerprint density at radius 1 is 1.30 bits per heavy atom. The molecule has 20 heavy (non-hydrogen) atoms. The smallest absolute Gasteiger partial charge is 0.158 e. The van der Waals surface area contributed by atoms with Gasteiger partial charge in [0, 0.05) is 31.5 Å². The summed E-state index contributed by atoms with van der Waals surface area (Å²) in [4.78, 5) is 4.49. The van der Waals surface area contributed by atoms with E-state index in [4.69, 9.17) is 4.52 Å². The zero-order chi connectivity index (χ0) is 14.5. The number of aryl methyl sites for hydroxylation is 2. The van der Waals surface area contributed by atoms with Crippen molar-refractivity contribution in [2.24, 2.45) is 0 Å². The molecule has 6 nitrogen and oxygen atoms in total. The Balaban J connectivity index is 2.04. The molecule has 0 fully saturated rings. The van der Waals surface area contributed by atoms with Gasteiger partial charge in [0.1, 0.15) is 12.4 Å². The van der Waals surface area contributed by atoms with Gasteiger partial charge in [-0.05, 0) is 0 Å². The Morgan fingerprint density at radius 3 is 2.75 bits per heavy atom. The van der Waals surface area contributed by atoms with Crippen molar-refractivity contribution in [1.29, 1.82) is 0 Å². The average molecular weight is 277 g/mol. The molecule has 0 aliphatic rings. The highest BCUT2D eigenvalue weighted by molar-refractivity contribution is 5.06. The van der Waals surface area contributed by atoms with Crippen LogP contribution in [0.4, 0.5) is 0 Å². The molecule has 0 bridgehead atoms. The topological polar surface area (TPSA) is 68.8 Å². The summed E-state index contributed by atoms with van der Waals surface area (Å²) in [5.41, 5.74) is 0.919. The minimum atomic E-state index is 0.435. The van der Waals surface area contributed by atoms with Crippen LogP contribution in [0.1, 0.15) is 50.8 Å². The van der Waals surface area contributed by atoms with Gasteiger partial charge in [0.2, 0.25) is 0 Å². The molecule has 6 heteroatoms. The Kier molecular flexibility index (Phi) is 4.89. The molecular weight excluding hydrogens is 254 g/mol. The highest BCUT2D eigenvalue weighted by Crippen LogP contribution is 2.09. The van der Waals surface area contributed by atoms with Gasteiger partial charge in [-0.3, -0.25) is 0 Å². The first-order valence-electron chi connectivity index (χ1n) is 7.22. The number of hydrogen-bond acceptors (Lipinski definition) is 5. The van der Waals surface area contributed by atoms with Crippen LogP contribution in [0.15, 0.2) is 10.6 Å². The number of nitrogens with one attached hydrogen (secondary N) is 1. The molecule has 0 unspecified atom stereocenters. The van der Waals surface area contributed by atoms with Crippen molar-refractivity contribution in [3.63, 3.8) is 0 Å². The van der Waals surface area contributed by atoms with Gasteiger partial charge in [0.05, 0.1) is 5.69 Å². The summed E-state index contributed by atoms with van der Waals surface area (Å²) in [6.45, 7) is 9.66. The quantitative estimate of drug-likeness (QED) is 0.837. The Bertz CT molecular complexity index is 544. The molecule has 2 heterocycles. The first-order chi connectivity index (χ1) is 9.62. The molecule has 0 spiro atoms. The van der Waals surface area contributed by atoms with E-state index >= 15 is 0 Å². The highest BCUT2D eigenvalue weighted by atomic mass is 16.5. The van der Waals surface area contributed by atoms with Crippen LogP contribution in [0.25, 0.3) is 0 Å². The Hall–Kier alpha value is -1.69. The van der Waals surface area contributed by atoms with Gasteiger partial charge < -0.3 is 9.84 Å². The van der Waals surface area contributed by atoms with Crippen LogP contribution in [-0.4, -0.2) is 26.0 Å². The summed E-state index contributed by atoms with van der Waals surface area (Å²) < 4.78 is 7.27. The molecule has 0 saturated heterocycles. The van der Waals surface area contributed by atoms with E-state index in [2.05, 4.69) is 48.3 Å². The van der Waals surface area contributed by atoms with Gasteiger partial charge in [-0.2, -0.15) is 5.10 Å². The lowest BCUT2D eigenvalue weighted by molar-refractivity contribution is 0.361. The van der Waals surface area contributed by atoms with E-state index in [1.54, 1.807) is 0 Å². The lowest BCUT2D eigenvalue weighted by atomic mass is 10.3. The summed E-state index contributed by atoms with van der Waals surface area (Å²) in [7, 11) is 0. The maximum Gasteiger partial charge on any atom is 0.158 e. The molecule has 0 saturated carbocycles. The van der Waals surface area contributed by atoms with Crippen molar-refractivity contribution in [2.75, 3.05) is 0 Å². The lowest BCUT2D eigenvalue weighted by Gasteiger charge is -2.03. The molecule has 110 valence electrons. The first kappa shape index (κ1) is 14.7. The summed E-state index contributed by atoms with van der Waals surface area (Å²) in [6, 6.07) is 2.41. The monoisotopic (exact) mass is 277 g/mol. The highest BCUT2D eigenvalue weighted by Gasteiger charge is 2.11. The molecule has 1 N–H and O–H groups in total. The van der Waals surface area contributed by atoms with Crippen LogP contribution in [0.5, 0.6) is 0 Å². The van der Waals surface area contributed by atoms with Crippen LogP contribution >= 0.6 is 0 Å². The van der Waals surface area contributed by atoms with E-state index in [1.165, 1.54) is 0 Å². The number of nitrogens with zero attached hydrogens (tertiary/aromatic N) is 4. The first-order valence-corrected chi connectivity index (χ1v) is 7.22. The fraction of sp³-hybridized carbons (Fsp3) is 0.643. The molecule has 2 aromatic rings. The zero-order valence-electron chi connectivity index (χ0n) is 12.7. The second-order valence-electron chi connectivity index (χ2n) is 5.13. The van der Waals surface area contributed by atoms with Crippen molar-refractivity contribution in [3.05, 3.63) is 29.2 Å². The minimum absolute atomic E-state index is 0.435. The van der Waals surface area contributed by atoms with Crippen molar-refractivity contribution in [2.45, 2.75) is 59.7 Å². The lowest BCUT2D eigenvalue weighted by Crippen LogP contribution is -2.21. The van der Waals surface area contributed by atoms with Crippen LogP contribution in [0, 0.1) is 0 Å². The standard InChI is InChI=1S/C14H23N5O/c1-5-13-16-14(6-2)19(17-13)9-12-7-11(18-20-12)8-15-10(3)4/h7,10,15H,5-6,8-9H2,1-4H3. The third kappa shape index (κ3) is 3.66. The van der Waals surface area contributed by atoms with Crippen LogP contribution < -0.4 is 5.32 Å². The minimum Gasteiger partial charge on any atom is -0.359 e. The zero-order valence-corrected chi connectivity index (χ0v) is 12.7. The second-order valence-corrected chi connectivity index (χ2v) is 5.13. The molecule has 2 rings (SSSR count). The van der Waals surface area contributed by atoms with E-state index < -0.39 is 0 Å². The maximum absolute atomic E-state index is 5.36. The van der Waals surface area contributed by atoms with Crippen LogP contribution in [0.3, 0.4) is 0 Å². The maximum atomic E-state index is 5.36. The molecule has 2 aromatic heterocycles. The fourth-order valence-corrected chi connectivity index (χ4v) is 1.93. The molecule has 0 atom stereocenters. The summed E-state index contributed by atoms with van der Waals surface area (Å²) in [5, 5.41) is 11.9. The van der Waals surface area contributed by atoms with Gasteiger partial charge in [-0.1, -0.05) is 32.9 Å². The van der Waals surface area contributed by atoms with E-state index in [1.807, 2.05) is 10.7 Å². The predicted octanol–water partition coefficient (Wildman–Crippen LogP) is 1.94. The number of aromatic nitrogens is 4. The fourth-order valence-electron chi connectivity index (χ4n) is 1.93. The average Bonchev–Trinajstić information content (AvgIpc) is 3.03. The predicted molar refractivity (Wildman–Crippen MR) is 76.4 cm³/mol. The number of hydrogen-bond donors (Lipinski definition) is 1.